The van der Waals surface area contributed by atoms with Gasteiger partial charge in [0.25, 0.3) is 0 Å². The fourth-order valence-electron chi connectivity index (χ4n) is 3.15. The van der Waals surface area contributed by atoms with E-state index in [0.717, 1.165) is 21.7 Å². The van der Waals surface area contributed by atoms with Crippen LogP contribution in [0.5, 0.6) is 5.75 Å². The molecule has 1 heterocycles. The van der Waals surface area contributed by atoms with Crippen LogP contribution in [0.3, 0.4) is 0 Å². The predicted molar refractivity (Wildman–Crippen MR) is 99.8 cm³/mol. The van der Waals surface area contributed by atoms with Gasteiger partial charge in [-0.05, 0) is 41.5 Å². The minimum Gasteiger partial charge on any atom is -0.508 e. The largest absolute Gasteiger partial charge is 0.508 e. The Labute approximate surface area is 151 Å². The van der Waals surface area contributed by atoms with Gasteiger partial charge in [-0.2, -0.15) is 0 Å². The van der Waals surface area contributed by atoms with Gasteiger partial charge >= 0.3 is 0 Å². The van der Waals surface area contributed by atoms with Gasteiger partial charge in [0.05, 0.1) is 11.4 Å². The van der Waals surface area contributed by atoms with Gasteiger partial charge in [-0.1, -0.05) is 54.1 Å². The molecule has 124 valence electrons. The van der Waals surface area contributed by atoms with E-state index in [2.05, 4.69) is 17.2 Å². The van der Waals surface area contributed by atoms with Gasteiger partial charge in [-0.15, -0.1) is 0 Å². The van der Waals surface area contributed by atoms with Gasteiger partial charge in [-0.25, -0.2) is 0 Å². The lowest BCUT2D eigenvalue weighted by Crippen LogP contribution is -2.37. The Bertz CT molecular complexity index is 952. The number of phenolic OH excluding ortho intramolecular Hbond substituents is 1. The quantitative estimate of drug-likeness (QED) is 0.786. The minimum atomic E-state index is -0.00465. The zero-order chi connectivity index (χ0) is 17.2. The number of aromatic hydroxyl groups is 1. The van der Waals surface area contributed by atoms with Crippen molar-refractivity contribution in [3.8, 4) is 5.75 Å². The molecule has 0 spiro atoms. The molecule has 0 radical (unpaired) electrons. The molecule has 1 aliphatic rings. The summed E-state index contributed by atoms with van der Waals surface area (Å²) in [6.07, 6.45) is 2.15. The lowest BCUT2D eigenvalue weighted by molar-refractivity contribution is 0.351. The van der Waals surface area contributed by atoms with Crippen LogP contribution in [0.4, 0.5) is 0 Å². The molecule has 4 heteroatoms. The molecule has 3 aromatic rings. The SMILES string of the molecule is Oc1ccc(C(c2ccc(Cl)cc2)N2C=c3ccccc3=NC2)cc1. The molecular formula is C21H17ClN2O. The number of hydrogen-bond acceptors (Lipinski definition) is 3. The van der Waals surface area contributed by atoms with Crippen LogP contribution in [0.2, 0.25) is 5.02 Å². The lowest BCUT2D eigenvalue weighted by atomic mass is 9.97. The van der Waals surface area contributed by atoms with Crippen molar-refractivity contribution in [2.24, 2.45) is 4.99 Å². The molecule has 4 rings (SSSR count). The first-order valence-corrected chi connectivity index (χ1v) is 8.50. The fourth-order valence-corrected chi connectivity index (χ4v) is 3.28. The van der Waals surface area contributed by atoms with Crippen molar-refractivity contribution in [2.45, 2.75) is 6.04 Å². The number of nitrogens with zero attached hydrogens (tertiary/aromatic N) is 2. The number of halogens is 1. The third-order valence-electron chi connectivity index (χ3n) is 4.37. The van der Waals surface area contributed by atoms with E-state index in [1.807, 2.05) is 54.6 Å². The number of phenols is 1. The van der Waals surface area contributed by atoms with Crippen LogP contribution >= 0.6 is 11.6 Å². The normalized spacial score (nSPS) is 14.2. The molecular weight excluding hydrogens is 332 g/mol. The van der Waals surface area contributed by atoms with Crippen molar-refractivity contribution in [2.75, 3.05) is 6.67 Å². The van der Waals surface area contributed by atoms with E-state index in [1.165, 1.54) is 0 Å². The smallest absolute Gasteiger partial charge is 0.115 e. The van der Waals surface area contributed by atoms with Crippen molar-refractivity contribution in [1.29, 1.82) is 0 Å². The Hall–Kier alpha value is -2.78. The van der Waals surface area contributed by atoms with Gasteiger partial charge in [0.15, 0.2) is 0 Å². The molecule has 0 saturated carbocycles. The Morgan fingerprint density at radius 2 is 1.52 bits per heavy atom. The van der Waals surface area contributed by atoms with Crippen molar-refractivity contribution < 1.29 is 5.11 Å². The summed E-state index contributed by atoms with van der Waals surface area (Å²) in [6, 6.07) is 23.3. The summed E-state index contributed by atoms with van der Waals surface area (Å²) in [4.78, 5) is 6.91. The standard InChI is InChI=1S/C21H17ClN2O/c22-18-9-5-15(6-10-18)21(16-7-11-19(25)12-8-16)24-13-17-3-1-2-4-20(17)23-14-24/h1-13,21,25H,14H2. The van der Waals surface area contributed by atoms with E-state index in [0.29, 0.717) is 11.7 Å². The Morgan fingerprint density at radius 1 is 0.880 bits per heavy atom. The Kier molecular flexibility index (Phi) is 4.16. The fraction of sp³-hybridized carbons (Fsp3) is 0.0952. The van der Waals surface area contributed by atoms with E-state index in [1.54, 1.807) is 12.1 Å². The number of para-hydroxylation sites is 1. The second kappa shape index (κ2) is 6.61. The summed E-state index contributed by atoms with van der Waals surface area (Å²) in [5.41, 5.74) is 2.21. The Morgan fingerprint density at radius 3 is 2.24 bits per heavy atom. The van der Waals surface area contributed by atoms with E-state index < -0.39 is 0 Å². The molecule has 1 unspecified atom stereocenters. The highest BCUT2D eigenvalue weighted by atomic mass is 35.5. The molecule has 3 nitrogen and oxygen atoms in total. The van der Waals surface area contributed by atoms with E-state index in [9.17, 15) is 5.11 Å². The molecule has 0 fully saturated rings. The first kappa shape index (κ1) is 15.7. The molecule has 0 saturated heterocycles. The van der Waals surface area contributed by atoms with Crippen molar-refractivity contribution in [3.63, 3.8) is 0 Å². The topological polar surface area (TPSA) is 35.8 Å². The summed E-state index contributed by atoms with van der Waals surface area (Å²) < 4.78 is 0. The highest BCUT2D eigenvalue weighted by Gasteiger charge is 2.21. The van der Waals surface area contributed by atoms with Gasteiger partial charge in [0.2, 0.25) is 0 Å². The van der Waals surface area contributed by atoms with E-state index in [4.69, 9.17) is 16.6 Å². The van der Waals surface area contributed by atoms with Crippen LogP contribution in [-0.2, 0) is 0 Å². The van der Waals surface area contributed by atoms with Crippen LogP contribution in [0, 0.1) is 0 Å². The summed E-state index contributed by atoms with van der Waals surface area (Å²) >= 11 is 6.06. The molecule has 0 aromatic heterocycles. The summed E-state index contributed by atoms with van der Waals surface area (Å²) in [7, 11) is 0. The number of rotatable bonds is 3. The van der Waals surface area contributed by atoms with E-state index in [-0.39, 0.29) is 11.8 Å². The number of fused-ring (bicyclic) bond motifs is 1. The number of benzene rings is 3. The van der Waals surface area contributed by atoms with Gasteiger partial charge in [-0.3, -0.25) is 4.99 Å². The summed E-state index contributed by atoms with van der Waals surface area (Å²) in [6.45, 7) is 0.575. The third-order valence-corrected chi connectivity index (χ3v) is 4.62. The summed E-state index contributed by atoms with van der Waals surface area (Å²) in [5, 5.41) is 12.5. The highest BCUT2D eigenvalue weighted by Crippen LogP contribution is 2.31. The highest BCUT2D eigenvalue weighted by molar-refractivity contribution is 6.30. The molecule has 1 aliphatic heterocycles. The summed E-state index contributed by atoms with van der Waals surface area (Å²) in [5.74, 6) is 0.260. The minimum absolute atomic E-state index is 0.00465. The Balaban J connectivity index is 1.82. The van der Waals surface area contributed by atoms with Crippen molar-refractivity contribution in [3.05, 3.63) is 99.5 Å². The monoisotopic (exact) mass is 348 g/mol. The van der Waals surface area contributed by atoms with Crippen LogP contribution in [0.1, 0.15) is 17.2 Å². The van der Waals surface area contributed by atoms with Crippen molar-refractivity contribution in [1.82, 2.24) is 4.90 Å². The van der Waals surface area contributed by atoms with E-state index >= 15 is 0 Å². The predicted octanol–water partition coefficient (Wildman–Crippen LogP) is 3.47. The molecule has 25 heavy (non-hydrogen) atoms. The van der Waals surface area contributed by atoms with Crippen molar-refractivity contribution >= 4 is 17.8 Å². The zero-order valence-corrected chi connectivity index (χ0v) is 14.3. The van der Waals surface area contributed by atoms with Crippen LogP contribution in [-0.4, -0.2) is 16.7 Å². The zero-order valence-electron chi connectivity index (χ0n) is 13.5. The molecule has 1 atom stereocenters. The first-order chi connectivity index (χ1) is 12.2. The van der Waals surface area contributed by atoms with Gasteiger partial charge in [0.1, 0.15) is 12.4 Å². The molecule has 0 amide bonds. The third kappa shape index (κ3) is 3.24. The maximum absolute atomic E-state index is 9.63. The van der Waals surface area contributed by atoms with Gasteiger partial charge < -0.3 is 10.0 Å². The molecule has 3 aromatic carbocycles. The second-order valence-corrected chi connectivity index (χ2v) is 6.48. The first-order valence-electron chi connectivity index (χ1n) is 8.12. The molecule has 0 aliphatic carbocycles. The maximum atomic E-state index is 9.63. The average molecular weight is 349 g/mol. The van der Waals surface area contributed by atoms with Crippen LogP contribution in [0.15, 0.2) is 77.8 Å². The average Bonchev–Trinajstić information content (AvgIpc) is 2.65. The molecule has 0 bridgehead atoms. The number of hydrogen-bond donors (Lipinski definition) is 1. The second-order valence-electron chi connectivity index (χ2n) is 6.05. The van der Waals surface area contributed by atoms with Crippen LogP contribution < -0.4 is 10.6 Å². The molecule has 1 N–H and O–H groups in total. The lowest BCUT2D eigenvalue weighted by Gasteiger charge is -2.31. The van der Waals surface area contributed by atoms with Crippen LogP contribution in [0.25, 0.3) is 6.20 Å². The maximum Gasteiger partial charge on any atom is 0.115 e. The van der Waals surface area contributed by atoms with Gasteiger partial charge in [0, 0.05) is 16.4 Å².